The van der Waals surface area contributed by atoms with E-state index in [1.807, 2.05) is 6.07 Å². The van der Waals surface area contributed by atoms with Crippen molar-refractivity contribution in [2.75, 3.05) is 0 Å². The number of fused-ring (bicyclic) bond motifs is 5. The number of benzene rings is 1. The summed E-state index contributed by atoms with van der Waals surface area (Å²) in [5, 5.41) is 4.75. The normalized spacial score (nSPS) is 19.4. The average Bonchev–Trinajstić information content (AvgIpc) is 3.41. The van der Waals surface area contributed by atoms with E-state index in [9.17, 15) is 18.0 Å². The number of amides is 1. The summed E-state index contributed by atoms with van der Waals surface area (Å²) in [6.07, 6.45) is 3.68. The minimum absolute atomic E-state index is 0.126. The van der Waals surface area contributed by atoms with Crippen molar-refractivity contribution in [1.29, 1.82) is 0 Å². The molecule has 2 bridgehead atoms. The number of halogens is 4. The van der Waals surface area contributed by atoms with E-state index in [1.54, 1.807) is 39.4 Å². The molecule has 4 aromatic rings. The molecule has 2 aliphatic rings. The molecular weight excluding hydrogens is 455 g/mol. The number of nitrogens with zero attached hydrogens (tertiary/aromatic N) is 5. The van der Waals surface area contributed by atoms with Crippen LogP contribution in [-0.4, -0.2) is 36.0 Å². The van der Waals surface area contributed by atoms with E-state index in [1.165, 1.54) is 0 Å². The molecule has 0 aliphatic carbocycles. The Bertz CT molecular complexity index is 1440. The van der Waals surface area contributed by atoms with E-state index in [-0.39, 0.29) is 28.7 Å². The van der Waals surface area contributed by atoms with Gasteiger partial charge >= 0.3 is 0 Å². The average molecular weight is 472 g/mol. The quantitative estimate of drug-likeness (QED) is 0.398. The maximum absolute atomic E-state index is 13.9. The van der Waals surface area contributed by atoms with Gasteiger partial charge in [0.25, 0.3) is 5.91 Å². The highest BCUT2D eigenvalue weighted by molar-refractivity contribution is 6.32. The van der Waals surface area contributed by atoms with E-state index < -0.39 is 17.5 Å². The SMILES string of the molecule is Cn1nc2c(c1-c1cc(F)c(F)c(F)c1)C[C@H]1CC[C@@H]2N1C(=O)c1c(Cl)nc2ccccn12. The molecule has 0 unspecified atom stereocenters. The highest BCUT2D eigenvalue weighted by Gasteiger charge is 2.46. The number of carbonyl (C=O) groups excluding carboxylic acids is 1. The van der Waals surface area contributed by atoms with Crippen LogP contribution >= 0.6 is 11.6 Å². The molecule has 1 saturated heterocycles. The van der Waals surface area contributed by atoms with Crippen molar-refractivity contribution < 1.29 is 18.0 Å². The molecular formula is C23H17ClF3N5O. The van der Waals surface area contributed by atoms with Crippen LogP contribution in [0.3, 0.4) is 0 Å². The van der Waals surface area contributed by atoms with Crippen LogP contribution in [0, 0.1) is 17.5 Å². The molecule has 1 aromatic carbocycles. The van der Waals surface area contributed by atoms with Gasteiger partial charge in [-0.3, -0.25) is 13.9 Å². The van der Waals surface area contributed by atoms with Gasteiger partial charge in [0.2, 0.25) is 0 Å². The summed E-state index contributed by atoms with van der Waals surface area (Å²) < 4.78 is 44.6. The van der Waals surface area contributed by atoms with Crippen molar-refractivity contribution in [3.8, 4) is 11.3 Å². The standard InChI is InChI=1S/C23H17ClF3N5O/c1-30-20(11-8-14(25)18(27)15(26)9-11)13-10-12-5-6-16(19(13)29-30)32(12)23(33)21-22(24)28-17-4-2-3-7-31(17)21/h2-4,7-9,12,16H,5-6,10H2,1H3/t12-,16+/m1/s1. The minimum atomic E-state index is -1.50. The van der Waals surface area contributed by atoms with Gasteiger partial charge in [-0.1, -0.05) is 17.7 Å². The number of hydrogen-bond acceptors (Lipinski definition) is 3. The summed E-state index contributed by atoms with van der Waals surface area (Å²) in [5.74, 6) is -4.24. The van der Waals surface area contributed by atoms with Gasteiger partial charge < -0.3 is 4.90 Å². The molecule has 2 atom stereocenters. The van der Waals surface area contributed by atoms with Crippen molar-refractivity contribution in [3.63, 3.8) is 0 Å². The number of pyridine rings is 1. The predicted octanol–water partition coefficient (Wildman–Crippen LogP) is 4.71. The van der Waals surface area contributed by atoms with Crippen LogP contribution in [0.2, 0.25) is 5.15 Å². The molecule has 33 heavy (non-hydrogen) atoms. The molecule has 0 spiro atoms. The monoisotopic (exact) mass is 471 g/mol. The van der Waals surface area contributed by atoms with Crippen LogP contribution in [0.5, 0.6) is 0 Å². The summed E-state index contributed by atoms with van der Waals surface area (Å²) in [6, 6.07) is 6.93. The fourth-order valence-electron chi connectivity index (χ4n) is 5.29. The maximum Gasteiger partial charge on any atom is 0.274 e. The molecule has 1 amide bonds. The highest BCUT2D eigenvalue weighted by atomic mass is 35.5. The summed E-state index contributed by atoms with van der Waals surface area (Å²) >= 11 is 6.35. The van der Waals surface area contributed by atoms with E-state index in [0.29, 0.717) is 35.6 Å². The third kappa shape index (κ3) is 2.84. The molecule has 1 fully saturated rings. The summed E-state index contributed by atoms with van der Waals surface area (Å²) in [5.41, 5.74) is 3.13. The Hall–Kier alpha value is -3.33. The fraction of sp³-hybridized carbons (Fsp3) is 0.261. The third-order valence-corrected chi connectivity index (χ3v) is 6.88. The third-order valence-electron chi connectivity index (χ3n) is 6.62. The van der Waals surface area contributed by atoms with Gasteiger partial charge in [0.15, 0.2) is 28.3 Å². The summed E-state index contributed by atoms with van der Waals surface area (Å²) in [6.45, 7) is 0. The van der Waals surface area contributed by atoms with Crippen molar-refractivity contribution in [1.82, 2.24) is 24.1 Å². The smallest absolute Gasteiger partial charge is 0.274 e. The van der Waals surface area contributed by atoms with Crippen LogP contribution in [0.15, 0.2) is 36.5 Å². The first-order valence-corrected chi connectivity index (χ1v) is 10.9. The Morgan fingerprint density at radius 3 is 2.67 bits per heavy atom. The lowest BCUT2D eigenvalue weighted by Crippen LogP contribution is -2.42. The lowest BCUT2D eigenvalue weighted by Gasteiger charge is -2.34. The maximum atomic E-state index is 13.9. The Morgan fingerprint density at radius 1 is 1.15 bits per heavy atom. The molecule has 6 nitrogen and oxygen atoms in total. The van der Waals surface area contributed by atoms with E-state index in [0.717, 1.165) is 24.1 Å². The second-order valence-corrected chi connectivity index (χ2v) is 8.79. The van der Waals surface area contributed by atoms with Crippen molar-refractivity contribution >= 4 is 23.2 Å². The topological polar surface area (TPSA) is 55.4 Å². The molecule has 5 heterocycles. The minimum Gasteiger partial charge on any atom is -0.325 e. The summed E-state index contributed by atoms with van der Waals surface area (Å²) in [7, 11) is 1.67. The van der Waals surface area contributed by atoms with Crippen molar-refractivity contribution in [3.05, 3.63) is 76.1 Å². The lowest BCUT2D eigenvalue weighted by atomic mass is 9.94. The molecule has 10 heteroatoms. The van der Waals surface area contributed by atoms with Crippen LogP contribution in [-0.2, 0) is 13.5 Å². The van der Waals surface area contributed by atoms with E-state index >= 15 is 0 Å². The second-order valence-electron chi connectivity index (χ2n) is 8.43. The van der Waals surface area contributed by atoms with Gasteiger partial charge in [-0.15, -0.1) is 0 Å². The van der Waals surface area contributed by atoms with Gasteiger partial charge in [-0.05, 0) is 43.5 Å². The Labute approximate surface area is 191 Å². The number of rotatable bonds is 2. The molecule has 168 valence electrons. The molecule has 0 saturated carbocycles. The Kier molecular flexibility index (Phi) is 4.35. The molecule has 0 radical (unpaired) electrons. The van der Waals surface area contributed by atoms with Crippen LogP contribution in [0.25, 0.3) is 16.9 Å². The molecule has 0 N–H and O–H groups in total. The van der Waals surface area contributed by atoms with Gasteiger partial charge in [-0.2, -0.15) is 5.10 Å². The zero-order valence-corrected chi connectivity index (χ0v) is 18.2. The predicted molar refractivity (Wildman–Crippen MR) is 114 cm³/mol. The van der Waals surface area contributed by atoms with Crippen LogP contribution < -0.4 is 0 Å². The molecule has 2 aliphatic heterocycles. The molecule has 6 rings (SSSR count). The zero-order chi connectivity index (χ0) is 23.0. The first kappa shape index (κ1) is 20.3. The highest BCUT2D eigenvalue weighted by Crippen LogP contribution is 2.47. The number of hydrogen-bond donors (Lipinski definition) is 0. The Balaban J connectivity index is 1.44. The first-order chi connectivity index (χ1) is 15.8. The number of aromatic nitrogens is 4. The number of aryl methyl sites for hydroxylation is 1. The second kappa shape index (κ2) is 7.08. The van der Waals surface area contributed by atoms with Gasteiger partial charge in [0.05, 0.1) is 17.4 Å². The van der Waals surface area contributed by atoms with Crippen LogP contribution in [0.4, 0.5) is 13.2 Å². The number of imidazole rings is 1. The largest absolute Gasteiger partial charge is 0.325 e. The van der Waals surface area contributed by atoms with Crippen LogP contribution in [0.1, 0.15) is 40.6 Å². The van der Waals surface area contributed by atoms with Gasteiger partial charge in [0.1, 0.15) is 5.65 Å². The van der Waals surface area contributed by atoms with Gasteiger partial charge in [0, 0.05) is 30.4 Å². The zero-order valence-electron chi connectivity index (χ0n) is 17.4. The van der Waals surface area contributed by atoms with Gasteiger partial charge in [-0.25, -0.2) is 18.2 Å². The molecule has 3 aromatic heterocycles. The fourth-order valence-corrected chi connectivity index (χ4v) is 5.54. The summed E-state index contributed by atoms with van der Waals surface area (Å²) in [4.78, 5) is 19.7. The van der Waals surface area contributed by atoms with E-state index in [2.05, 4.69) is 10.1 Å². The first-order valence-electron chi connectivity index (χ1n) is 10.5. The number of carbonyl (C=O) groups is 1. The van der Waals surface area contributed by atoms with Crippen molar-refractivity contribution in [2.24, 2.45) is 7.05 Å². The lowest BCUT2D eigenvalue weighted by molar-refractivity contribution is 0.0635. The van der Waals surface area contributed by atoms with E-state index in [4.69, 9.17) is 11.6 Å². The Morgan fingerprint density at radius 2 is 1.91 bits per heavy atom. The van der Waals surface area contributed by atoms with Crippen molar-refractivity contribution in [2.45, 2.75) is 31.3 Å².